The molecule has 23 heteroatoms. The van der Waals surface area contributed by atoms with Gasteiger partial charge >= 0.3 is 11.8 Å². The molecule has 7 atom stereocenters. The van der Waals surface area contributed by atoms with E-state index in [1.54, 1.807) is 0 Å². The Morgan fingerprint density at radius 3 is 1.39 bits per heavy atom. The van der Waals surface area contributed by atoms with E-state index in [2.05, 4.69) is 42.5 Å². The van der Waals surface area contributed by atoms with Gasteiger partial charge in [0.25, 0.3) is 0 Å². The summed E-state index contributed by atoms with van der Waals surface area (Å²) in [5.41, 5.74) is 27.5. The van der Waals surface area contributed by atoms with Crippen LogP contribution in [0.4, 0.5) is 0 Å². The van der Waals surface area contributed by atoms with E-state index in [0.29, 0.717) is 38.8 Å². The van der Waals surface area contributed by atoms with Crippen LogP contribution in [0.1, 0.15) is 79.1 Å². The van der Waals surface area contributed by atoms with Gasteiger partial charge in [0.1, 0.15) is 36.3 Å². The van der Waals surface area contributed by atoms with Gasteiger partial charge in [-0.25, -0.2) is 0 Å². The minimum atomic E-state index is -1.25. The van der Waals surface area contributed by atoms with Crippen molar-refractivity contribution < 1.29 is 43.2 Å². The third kappa shape index (κ3) is 22.7. The van der Waals surface area contributed by atoms with Gasteiger partial charge in [0.15, 0.2) is 0 Å². The van der Waals surface area contributed by atoms with Crippen LogP contribution in [0.25, 0.3) is 0 Å². The van der Waals surface area contributed by atoms with Crippen LogP contribution in [0, 0.1) is 0 Å². The van der Waals surface area contributed by atoms with Gasteiger partial charge in [0.05, 0.1) is 5.88 Å². The minimum Gasteiger partial charge on any atom is -0.368 e. The van der Waals surface area contributed by atoms with Gasteiger partial charge < -0.3 is 71.2 Å². The summed E-state index contributed by atoms with van der Waals surface area (Å²) < 4.78 is 0. The Morgan fingerprint density at radius 1 is 0.491 bits per heavy atom. The Balaban J connectivity index is 5.28. The Hall–Kier alpha value is -4.58. The van der Waals surface area contributed by atoms with Crippen LogP contribution in [0.5, 0.6) is 0 Å². The maximum Gasteiger partial charge on any atom is 0.309 e. The molecule has 18 N–H and O–H groups in total. The van der Waals surface area contributed by atoms with E-state index in [9.17, 15) is 43.2 Å². The third-order valence-corrected chi connectivity index (χ3v) is 9.18. The summed E-state index contributed by atoms with van der Waals surface area (Å²) in [6.07, 6.45) is 3.02. The van der Waals surface area contributed by atoms with Crippen LogP contribution in [0.3, 0.4) is 0 Å². The van der Waals surface area contributed by atoms with Gasteiger partial charge in [-0.15, -0.1) is 11.8 Å². The topological polar surface area (TPSA) is 380 Å². The highest BCUT2D eigenvalue weighted by Crippen LogP contribution is 2.05. The van der Waals surface area contributed by atoms with E-state index in [0.717, 1.165) is 11.8 Å². The average molecular weight is 832 g/mol. The Labute approximate surface area is 337 Å². The van der Waals surface area contributed by atoms with Gasteiger partial charge in [0, 0.05) is 18.7 Å². The van der Waals surface area contributed by atoms with E-state index in [1.165, 1.54) is 20.8 Å². The van der Waals surface area contributed by atoms with Crippen molar-refractivity contribution >= 4 is 64.9 Å². The monoisotopic (exact) mass is 831 g/mol. The Bertz CT molecular complexity index is 1340. The maximum absolute atomic E-state index is 13.1. The molecule has 0 saturated carbocycles. The van der Waals surface area contributed by atoms with Crippen LogP contribution in [0.15, 0.2) is 0 Å². The lowest BCUT2D eigenvalue weighted by Crippen LogP contribution is -2.57. The first-order valence-electron chi connectivity index (χ1n) is 19.0. The fourth-order valence-corrected chi connectivity index (χ4v) is 5.83. The highest BCUT2D eigenvalue weighted by Gasteiger charge is 2.30. The highest BCUT2D eigenvalue weighted by molar-refractivity contribution is 7.99. The van der Waals surface area contributed by atoms with Crippen LogP contribution in [0.2, 0.25) is 0 Å². The lowest BCUT2D eigenvalue weighted by atomic mass is 10.1. The molecule has 0 aliphatic carbocycles. The zero-order valence-electron chi connectivity index (χ0n) is 33.4. The summed E-state index contributed by atoms with van der Waals surface area (Å²) in [6, 6.07) is -6.74. The van der Waals surface area contributed by atoms with Crippen LogP contribution in [-0.2, 0) is 43.2 Å². The molecule has 0 fully saturated rings. The van der Waals surface area contributed by atoms with Crippen molar-refractivity contribution in [2.45, 2.75) is 121 Å². The molecule has 0 heterocycles. The molecule has 7 unspecified atom stereocenters. The number of carbonyl (C=O) groups excluding carboxylic acids is 9. The van der Waals surface area contributed by atoms with Crippen LogP contribution in [-0.4, -0.2) is 133 Å². The molecule has 326 valence electrons. The largest absolute Gasteiger partial charge is 0.368 e. The van der Waals surface area contributed by atoms with Gasteiger partial charge in [-0.05, 0) is 98.3 Å². The second-order valence-corrected chi connectivity index (χ2v) is 14.4. The first-order valence-corrected chi connectivity index (χ1v) is 20.1. The highest BCUT2D eigenvalue weighted by atomic mass is 32.2. The Kier molecular flexibility index (Phi) is 27.2. The van der Waals surface area contributed by atoms with Crippen LogP contribution >= 0.6 is 11.8 Å². The lowest BCUT2D eigenvalue weighted by molar-refractivity contribution is -0.140. The number of primary amides is 1. The van der Waals surface area contributed by atoms with Crippen molar-refractivity contribution in [3.63, 3.8) is 0 Å². The Morgan fingerprint density at radius 2 is 0.912 bits per heavy atom. The summed E-state index contributed by atoms with van der Waals surface area (Å²) in [5.74, 6) is -7.15. The standard InChI is InChI=1S/C34H65N13O9S/c1-19(9-5-13-35)41-30(52)24(11-7-15-37)46-29(51)21(3)43-32(54)26(44-22(4)48)17-57-18-40-33(55)34(56)47-25(12-8-16-38)31(53)42-20(2)28(50)45-23(27(39)49)10-6-14-36/h19-21,23-26H,5-18,35-38H2,1-4H3,(H2,39,49)(H,40,55)(H,41,52)(H,42,53)(H,43,54)(H,44,48)(H,45,50)(H,46,51)(H,47,56). The van der Waals surface area contributed by atoms with Crippen molar-refractivity contribution in [3.05, 3.63) is 0 Å². The summed E-state index contributed by atoms with van der Waals surface area (Å²) in [5, 5.41) is 20.0. The fourth-order valence-electron chi connectivity index (χ4n) is 5.01. The summed E-state index contributed by atoms with van der Waals surface area (Å²) >= 11 is 0.969. The molecule has 9 amide bonds. The van der Waals surface area contributed by atoms with Gasteiger partial charge in [0.2, 0.25) is 41.4 Å². The van der Waals surface area contributed by atoms with Gasteiger partial charge in [-0.2, -0.15) is 0 Å². The second-order valence-electron chi connectivity index (χ2n) is 13.4. The molecule has 22 nitrogen and oxygen atoms in total. The summed E-state index contributed by atoms with van der Waals surface area (Å²) in [7, 11) is 0. The van der Waals surface area contributed by atoms with E-state index < -0.39 is 89.4 Å². The van der Waals surface area contributed by atoms with Crippen molar-refractivity contribution in [1.29, 1.82) is 0 Å². The van der Waals surface area contributed by atoms with E-state index in [1.807, 2.05) is 6.92 Å². The smallest absolute Gasteiger partial charge is 0.309 e. The molecule has 0 radical (unpaired) electrons. The fraction of sp³-hybridized carbons (Fsp3) is 0.735. The molecule has 0 aliphatic heterocycles. The van der Waals surface area contributed by atoms with E-state index in [4.69, 9.17) is 28.7 Å². The molecule has 0 aromatic heterocycles. The van der Waals surface area contributed by atoms with E-state index >= 15 is 0 Å². The number of hydrogen-bond acceptors (Lipinski definition) is 14. The number of nitrogens with one attached hydrogen (secondary N) is 8. The predicted octanol–water partition coefficient (Wildman–Crippen LogP) is -5.29. The first kappa shape index (κ1) is 52.4. The zero-order valence-corrected chi connectivity index (χ0v) is 34.2. The molecule has 0 aromatic carbocycles. The zero-order chi connectivity index (χ0) is 43.5. The van der Waals surface area contributed by atoms with Crippen molar-refractivity contribution in [2.24, 2.45) is 28.7 Å². The lowest BCUT2D eigenvalue weighted by Gasteiger charge is -2.24. The summed E-state index contributed by atoms with van der Waals surface area (Å²) in [6.45, 7) is 6.98. The maximum atomic E-state index is 13.1. The minimum absolute atomic E-state index is 0.0325. The first-order chi connectivity index (χ1) is 26.9. The molecule has 0 bridgehead atoms. The van der Waals surface area contributed by atoms with Gasteiger partial charge in [-0.3, -0.25) is 43.2 Å². The van der Waals surface area contributed by atoms with Crippen LogP contribution < -0.4 is 71.2 Å². The molecule has 57 heavy (non-hydrogen) atoms. The quantitative estimate of drug-likeness (QED) is 0.0190. The molecule has 0 spiro atoms. The SMILES string of the molecule is CC(=O)NC(CSCNC(=O)C(=O)NC(CCCN)C(=O)NC(C)C(=O)NC(CCCN)C(N)=O)C(=O)NC(C)C(=O)NC(CCCN)C(=O)NC(C)CCCN. The molecular weight excluding hydrogens is 767 g/mol. The number of hydrogen-bond donors (Lipinski definition) is 13. The van der Waals surface area contributed by atoms with E-state index in [-0.39, 0.29) is 56.4 Å². The number of rotatable bonds is 29. The second kappa shape index (κ2) is 29.6. The van der Waals surface area contributed by atoms with Crippen molar-refractivity contribution in [2.75, 3.05) is 37.8 Å². The molecule has 0 rings (SSSR count). The number of amides is 9. The normalized spacial score (nSPS) is 14.5. The predicted molar refractivity (Wildman–Crippen MR) is 214 cm³/mol. The number of nitrogens with two attached hydrogens (primary N) is 5. The van der Waals surface area contributed by atoms with Crippen molar-refractivity contribution in [3.8, 4) is 0 Å². The average Bonchev–Trinajstić information content (AvgIpc) is 3.15. The summed E-state index contributed by atoms with van der Waals surface area (Å²) in [4.78, 5) is 114. The molecule has 0 saturated heterocycles. The number of thioether (sulfide) groups is 1. The van der Waals surface area contributed by atoms with Crippen molar-refractivity contribution in [1.82, 2.24) is 42.5 Å². The molecular formula is C34H65N13O9S. The molecule has 0 aliphatic rings. The number of carbonyl (C=O) groups is 9. The van der Waals surface area contributed by atoms with Gasteiger partial charge in [-0.1, -0.05) is 0 Å². The third-order valence-electron chi connectivity index (χ3n) is 8.26. The molecule has 0 aromatic rings.